The first-order chi connectivity index (χ1) is 11.6. The van der Waals surface area contributed by atoms with Crippen LogP contribution in [-0.4, -0.2) is 72.3 Å². The molecule has 0 bridgehead atoms. The van der Waals surface area contributed by atoms with Crippen molar-refractivity contribution in [1.29, 1.82) is 0 Å². The first-order valence-electron chi connectivity index (χ1n) is 8.31. The van der Waals surface area contributed by atoms with Gasteiger partial charge < -0.3 is 14.0 Å². The average molecular weight is 329 g/mol. The van der Waals surface area contributed by atoms with Crippen LogP contribution in [0.2, 0.25) is 0 Å². The number of ether oxygens (including phenoxy) is 1. The molecular weight excluding hydrogens is 306 g/mol. The molecule has 6 heteroatoms. The van der Waals surface area contributed by atoms with E-state index in [0.29, 0.717) is 29.9 Å². The highest BCUT2D eigenvalue weighted by atomic mass is 16.5. The van der Waals surface area contributed by atoms with E-state index < -0.39 is 0 Å². The van der Waals surface area contributed by atoms with E-state index in [0.717, 1.165) is 26.2 Å². The third-order valence-electron chi connectivity index (χ3n) is 4.42. The molecule has 1 aliphatic rings. The molecule has 0 spiro atoms. The maximum Gasteiger partial charge on any atom is 0.340 e. The van der Waals surface area contributed by atoms with E-state index in [-0.39, 0.29) is 11.8 Å². The lowest BCUT2D eigenvalue weighted by molar-refractivity contribution is 0.0529. The van der Waals surface area contributed by atoms with E-state index in [1.54, 1.807) is 17.4 Å². The summed E-state index contributed by atoms with van der Waals surface area (Å²) < 4.78 is 6.89. The normalized spacial score (nSPS) is 16.4. The second-order valence-corrected chi connectivity index (χ2v) is 6.12. The molecule has 2 aromatic heterocycles. The van der Waals surface area contributed by atoms with Crippen molar-refractivity contribution in [2.45, 2.75) is 6.92 Å². The molecule has 0 atom stereocenters. The number of ketones is 1. The van der Waals surface area contributed by atoms with E-state index in [1.165, 1.54) is 0 Å². The Hall–Kier alpha value is -2.18. The van der Waals surface area contributed by atoms with Crippen molar-refractivity contribution in [1.82, 2.24) is 14.2 Å². The molecule has 3 heterocycles. The van der Waals surface area contributed by atoms with Crippen molar-refractivity contribution in [2.75, 3.05) is 46.4 Å². The van der Waals surface area contributed by atoms with Crippen molar-refractivity contribution < 1.29 is 14.3 Å². The number of rotatable bonds is 5. The highest BCUT2D eigenvalue weighted by Gasteiger charge is 2.23. The van der Waals surface area contributed by atoms with Gasteiger partial charge in [0.05, 0.1) is 29.9 Å². The van der Waals surface area contributed by atoms with Crippen LogP contribution >= 0.6 is 0 Å². The van der Waals surface area contributed by atoms with Gasteiger partial charge in [0.1, 0.15) is 0 Å². The predicted octanol–water partition coefficient (Wildman–Crippen LogP) is 1.55. The van der Waals surface area contributed by atoms with E-state index in [2.05, 4.69) is 16.8 Å². The Kier molecular flexibility index (Phi) is 4.97. The van der Waals surface area contributed by atoms with Crippen molar-refractivity contribution in [3.63, 3.8) is 0 Å². The van der Waals surface area contributed by atoms with Gasteiger partial charge in [-0.25, -0.2) is 4.79 Å². The van der Waals surface area contributed by atoms with E-state index in [4.69, 9.17) is 4.74 Å². The van der Waals surface area contributed by atoms with Gasteiger partial charge >= 0.3 is 5.97 Å². The third-order valence-corrected chi connectivity index (χ3v) is 4.42. The molecule has 2 aromatic rings. The highest BCUT2D eigenvalue weighted by Crippen LogP contribution is 2.19. The van der Waals surface area contributed by atoms with Gasteiger partial charge in [-0.2, -0.15) is 0 Å². The van der Waals surface area contributed by atoms with E-state index in [1.807, 2.05) is 24.4 Å². The van der Waals surface area contributed by atoms with E-state index in [9.17, 15) is 9.59 Å². The molecule has 0 aromatic carbocycles. The van der Waals surface area contributed by atoms with Gasteiger partial charge in [-0.05, 0) is 32.2 Å². The number of Topliss-reactive ketones (excluding diaryl/α,β-unsaturated/α-hetero) is 1. The predicted molar refractivity (Wildman–Crippen MR) is 91.6 cm³/mol. The number of carbonyl (C=O) groups is 2. The molecule has 3 rings (SSSR count). The molecule has 24 heavy (non-hydrogen) atoms. The van der Waals surface area contributed by atoms with Gasteiger partial charge in [0.15, 0.2) is 5.78 Å². The zero-order chi connectivity index (χ0) is 17.1. The van der Waals surface area contributed by atoms with Gasteiger partial charge in [0.2, 0.25) is 0 Å². The Morgan fingerprint density at radius 3 is 2.62 bits per heavy atom. The molecule has 0 N–H and O–H groups in total. The monoisotopic (exact) mass is 329 g/mol. The molecule has 6 nitrogen and oxygen atoms in total. The second-order valence-electron chi connectivity index (χ2n) is 6.12. The fraction of sp³-hybridized carbons (Fsp3) is 0.444. The highest BCUT2D eigenvalue weighted by molar-refractivity contribution is 6.04. The van der Waals surface area contributed by atoms with Crippen LogP contribution in [0.25, 0.3) is 5.52 Å². The minimum atomic E-state index is -0.389. The fourth-order valence-corrected chi connectivity index (χ4v) is 3.03. The maximum atomic E-state index is 12.8. The quantitative estimate of drug-likeness (QED) is 0.615. The Bertz CT molecular complexity index is 745. The zero-order valence-corrected chi connectivity index (χ0v) is 14.2. The van der Waals surface area contributed by atoms with Gasteiger partial charge in [0.25, 0.3) is 0 Å². The molecule has 0 saturated carbocycles. The lowest BCUT2D eigenvalue weighted by Crippen LogP contribution is -2.46. The summed E-state index contributed by atoms with van der Waals surface area (Å²) in [6.45, 7) is 6.17. The Morgan fingerprint density at radius 1 is 1.17 bits per heavy atom. The van der Waals surface area contributed by atoms with Crippen LogP contribution in [0.5, 0.6) is 0 Å². The molecular formula is C18H23N3O3. The molecule has 0 amide bonds. The number of hydrogen-bond acceptors (Lipinski definition) is 5. The molecule has 0 unspecified atom stereocenters. The van der Waals surface area contributed by atoms with Crippen LogP contribution in [0.4, 0.5) is 0 Å². The lowest BCUT2D eigenvalue weighted by Gasteiger charge is -2.31. The van der Waals surface area contributed by atoms with Crippen molar-refractivity contribution >= 4 is 17.3 Å². The average Bonchev–Trinajstić information content (AvgIpc) is 2.97. The smallest absolute Gasteiger partial charge is 0.340 e. The largest absolute Gasteiger partial charge is 0.462 e. The number of piperazine rings is 1. The van der Waals surface area contributed by atoms with Crippen LogP contribution < -0.4 is 0 Å². The number of pyridine rings is 1. The zero-order valence-electron chi connectivity index (χ0n) is 14.2. The number of nitrogens with zero attached hydrogens (tertiary/aromatic N) is 3. The number of esters is 1. The molecule has 1 aliphatic heterocycles. The van der Waals surface area contributed by atoms with Crippen LogP contribution in [0.1, 0.15) is 27.8 Å². The summed E-state index contributed by atoms with van der Waals surface area (Å²) >= 11 is 0. The van der Waals surface area contributed by atoms with Crippen LogP contribution in [0.15, 0.2) is 30.5 Å². The standard InChI is InChI=1S/C18H23N3O3/c1-3-24-18(23)14-12-16(21-7-5-4-6-15(14)21)17(22)13-20-10-8-19(2)9-11-20/h4-7,12H,3,8-11,13H2,1-2H3. The number of fused-ring (bicyclic) bond motifs is 1. The van der Waals surface area contributed by atoms with Gasteiger partial charge in [-0.3, -0.25) is 9.69 Å². The SMILES string of the molecule is CCOC(=O)c1cc(C(=O)CN2CCN(C)CC2)n2ccccc12. The molecule has 0 aliphatic carbocycles. The summed E-state index contributed by atoms with van der Waals surface area (Å²) in [7, 11) is 2.09. The van der Waals surface area contributed by atoms with E-state index >= 15 is 0 Å². The van der Waals surface area contributed by atoms with Gasteiger partial charge in [-0.15, -0.1) is 0 Å². The maximum absolute atomic E-state index is 12.8. The summed E-state index contributed by atoms with van der Waals surface area (Å²) in [4.78, 5) is 29.3. The number of likely N-dealkylation sites (N-methyl/N-ethyl adjacent to an activating group) is 1. The topological polar surface area (TPSA) is 54.3 Å². The van der Waals surface area contributed by atoms with Crippen molar-refractivity contribution in [3.05, 3.63) is 41.7 Å². The molecule has 1 saturated heterocycles. The van der Waals surface area contributed by atoms with Gasteiger partial charge in [0, 0.05) is 32.4 Å². The molecule has 1 fully saturated rings. The van der Waals surface area contributed by atoms with Crippen LogP contribution in [-0.2, 0) is 4.74 Å². The Balaban J connectivity index is 1.86. The summed E-state index contributed by atoms with van der Waals surface area (Å²) in [6, 6.07) is 7.20. The van der Waals surface area contributed by atoms with Crippen molar-refractivity contribution in [3.8, 4) is 0 Å². The Labute approximate surface area is 141 Å². The summed E-state index contributed by atoms with van der Waals surface area (Å²) in [5.74, 6) is -0.365. The fourth-order valence-electron chi connectivity index (χ4n) is 3.03. The third kappa shape index (κ3) is 3.34. The number of carbonyl (C=O) groups excluding carboxylic acids is 2. The second kappa shape index (κ2) is 7.15. The van der Waals surface area contributed by atoms with Crippen LogP contribution in [0, 0.1) is 0 Å². The minimum Gasteiger partial charge on any atom is -0.462 e. The number of hydrogen-bond donors (Lipinski definition) is 0. The Morgan fingerprint density at radius 2 is 1.92 bits per heavy atom. The van der Waals surface area contributed by atoms with Crippen LogP contribution in [0.3, 0.4) is 0 Å². The first-order valence-corrected chi connectivity index (χ1v) is 8.31. The number of aromatic nitrogens is 1. The summed E-state index contributed by atoms with van der Waals surface area (Å²) in [5, 5.41) is 0. The summed E-state index contributed by atoms with van der Waals surface area (Å²) in [6.07, 6.45) is 1.81. The summed E-state index contributed by atoms with van der Waals surface area (Å²) in [5.41, 5.74) is 1.68. The van der Waals surface area contributed by atoms with Crippen molar-refractivity contribution in [2.24, 2.45) is 0 Å². The molecule has 0 radical (unpaired) electrons. The molecule has 128 valence electrons. The minimum absolute atomic E-state index is 0.0244. The van der Waals surface area contributed by atoms with Gasteiger partial charge in [-0.1, -0.05) is 6.07 Å². The first kappa shape index (κ1) is 16.7. The lowest BCUT2D eigenvalue weighted by atomic mass is 10.2.